The van der Waals surface area contributed by atoms with Crippen molar-refractivity contribution in [2.24, 2.45) is 5.73 Å². The zero-order chi connectivity index (χ0) is 19.0. The van der Waals surface area contributed by atoms with Gasteiger partial charge in [-0.1, -0.05) is 18.2 Å². The van der Waals surface area contributed by atoms with Crippen molar-refractivity contribution in [2.75, 3.05) is 18.0 Å². The number of piperidine rings is 1. The Labute approximate surface area is 168 Å². The average molecular weight is 398 g/mol. The number of anilines is 1. The molecule has 0 radical (unpaired) electrons. The Hall–Kier alpha value is -3.08. The number of fused-ring (bicyclic) bond motifs is 1. The van der Waals surface area contributed by atoms with Gasteiger partial charge in [-0.25, -0.2) is 0 Å². The normalized spacial score (nSPS) is 14.5. The number of halogens is 1. The molecule has 0 saturated carbocycles. The Morgan fingerprint density at radius 2 is 1.68 bits per heavy atom. The molecule has 2 N–H and O–H groups in total. The van der Waals surface area contributed by atoms with Gasteiger partial charge in [-0.15, -0.1) is 17.1 Å². The van der Waals surface area contributed by atoms with E-state index in [0.717, 1.165) is 31.6 Å². The first kappa shape index (κ1) is 19.7. The van der Waals surface area contributed by atoms with E-state index in [1.165, 1.54) is 0 Å². The Balaban J connectivity index is 0.00000225. The zero-order valence-electron chi connectivity index (χ0n) is 15.1. The van der Waals surface area contributed by atoms with Crippen LogP contribution in [-0.4, -0.2) is 19.1 Å². The standard InChI is InChI=1S/C20H19N5O2.ClH/c21-13-19-20(14-4-2-1-3-5-14)25(27)17-7-6-16(12-18(17)24(19)26)23-10-8-15(22)9-11-23;/h1-7,12,15H,8-11,22H2;1H. The Morgan fingerprint density at radius 1 is 1.00 bits per heavy atom. The zero-order valence-corrected chi connectivity index (χ0v) is 15.9. The molecular formula is C20H20ClN5O2. The van der Waals surface area contributed by atoms with Crippen LogP contribution in [0.15, 0.2) is 48.5 Å². The van der Waals surface area contributed by atoms with Crippen LogP contribution in [0.2, 0.25) is 0 Å². The molecular weight excluding hydrogens is 378 g/mol. The third-order valence-electron chi connectivity index (χ3n) is 5.08. The predicted molar refractivity (Wildman–Crippen MR) is 109 cm³/mol. The van der Waals surface area contributed by atoms with Crippen molar-refractivity contribution in [1.29, 1.82) is 5.26 Å². The van der Waals surface area contributed by atoms with Crippen LogP contribution in [0.5, 0.6) is 0 Å². The van der Waals surface area contributed by atoms with Crippen LogP contribution >= 0.6 is 12.4 Å². The SMILES string of the molecule is Cl.N#Cc1c(-c2ccccc2)[n+]([O-])c2ccc(N3CCC(N)CC3)cc2[n+]1[O-]. The molecule has 0 atom stereocenters. The van der Waals surface area contributed by atoms with Gasteiger partial charge in [-0.05, 0) is 31.0 Å². The lowest BCUT2D eigenvalue weighted by atomic mass is 10.1. The molecule has 1 saturated heterocycles. The maximum absolute atomic E-state index is 13.0. The molecule has 144 valence electrons. The lowest BCUT2D eigenvalue weighted by Gasteiger charge is -2.31. The summed E-state index contributed by atoms with van der Waals surface area (Å²) < 4.78 is 1.23. The first-order valence-electron chi connectivity index (χ1n) is 8.89. The lowest BCUT2D eigenvalue weighted by Crippen LogP contribution is -2.44. The quantitative estimate of drug-likeness (QED) is 0.525. The molecule has 0 bridgehead atoms. The first-order valence-corrected chi connectivity index (χ1v) is 8.89. The van der Waals surface area contributed by atoms with E-state index in [1.807, 2.05) is 18.2 Å². The topological polar surface area (TPSA) is 107 Å². The van der Waals surface area contributed by atoms with Gasteiger partial charge in [0.1, 0.15) is 0 Å². The molecule has 2 heterocycles. The van der Waals surface area contributed by atoms with Crippen molar-refractivity contribution < 1.29 is 9.46 Å². The van der Waals surface area contributed by atoms with Gasteiger partial charge in [-0.3, -0.25) is 0 Å². The second-order valence-corrected chi connectivity index (χ2v) is 6.76. The third kappa shape index (κ3) is 3.28. The lowest BCUT2D eigenvalue weighted by molar-refractivity contribution is -0.622. The second-order valence-electron chi connectivity index (χ2n) is 6.76. The van der Waals surface area contributed by atoms with E-state index in [4.69, 9.17) is 5.73 Å². The van der Waals surface area contributed by atoms with E-state index in [9.17, 15) is 15.7 Å². The average Bonchev–Trinajstić information content (AvgIpc) is 2.71. The first-order chi connectivity index (χ1) is 13.1. The fourth-order valence-corrected chi connectivity index (χ4v) is 3.58. The number of nitrogens with two attached hydrogens (primary N) is 1. The van der Waals surface area contributed by atoms with Crippen LogP contribution in [0.1, 0.15) is 18.5 Å². The summed E-state index contributed by atoms with van der Waals surface area (Å²) in [5, 5.41) is 35.4. The number of nitrogens with zero attached hydrogens (tertiary/aromatic N) is 4. The van der Waals surface area contributed by atoms with E-state index in [2.05, 4.69) is 4.90 Å². The molecule has 0 amide bonds. The molecule has 0 unspecified atom stereocenters. The van der Waals surface area contributed by atoms with Crippen LogP contribution in [0, 0.1) is 21.7 Å². The minimum absolute atomic E-state index is 0. The molecule has 7 nitrogen and oxygen atoms in total. The minimum Gasteiger partial charge on any atom is -0.617 e. The van der Waals surface area contributed by atoms with Gasteiger partial charge in [0.25, 0.3) is 11.0 Å². The van der Waals surface area contributed by atoms with Crippen LogP contribution in [-0.2, 0) is 0 Å². The maximum atomic E-state index is 13.0. The highest BCUT2D eigenvalue weighted by molar-refractivity contribution is 5.85. The highest BCUT2D eigenvalue weighted by Crippen LogP contribution is 2.25. The Bertz CT molecular complexity index is 1040. The van der Waals surface area contributed by atoms with E-state index < -0.39 is 0 Å². The number of hydrogen-bond acceptors (Lipinski definition) is 5. The number of nitriles is 1. The number of hydrogen-bond donors (Lipinski definition) is 1. The monoisotopic (exact) mass is 397 g/mol. The minimum atomic E-state index is -0.207. The fourth-order valence-electron chi connectivity index (χ4n) is 3.58. The van der Waals surface area contributed by atoms with Crippen LogP contribution < -0.4 is 20.1 Å². The van der Waals surface area contributed by atoms with Gasteiger partial charge in [0.15, 0.2) is 6.07 Å². The van der Waals surface area contributed by atoms with E-state index in [-0.39, 0.29) is 40.9 Å². The Morgan fingerprint density at radius 3 is 2.32 bits per heavy atom. The highest BCUT2D eigenvalue weighted by Gasteiger charge is 2.30. The van der Waals surface area contributed by atoms with Gasteiger partial charge < -0.3 is 21.0 Å². The van der Waals surface area contributed by atoms with Gasteiger partial charge in [0.05, 0.1) is 5.56 Å². The molecule has 1 aliphatic heterocycles. The number of benzene rings is 2. The van der Waals surface area contributed by atoms with Crippen molar-refractivity contribution in [3.05, 3.63) is 64.6 Å². The van der Waals surface area contributed by atoms with Crippen LogP contribution in [0.25, 0.3) is 22.3 Å². The van der Waals surface area contributed by atoms with E-state index in [0.29, 0.717) is 15.0 Å². The molecule has 0 aliphatic carbocycles. The van der Waals surface area contributed by atoms with Crippen LogP contribution in [0.4, 0.5) is 5.69 Å². The maximum Gasteiger partial charge on any atom is 0.369 e. The summed E-state index contributed by atoms with van der Waals surface area (Å²) in [5.41, 5.74) is 7.63. The summed E-state index contributed by atoms with van der Waals surface area (Å²) in [6.07, 6.45) is 1.76. The van der Waals surface area contributed by atoms with E-state index in [1.54, 1.807) is 36.4 Å². The van der Waals surface area contributed by atoms with Crippen molar-refractivity contribution in [2.45, 2.75) is 18.9 Å². The summed E-state index contributed by atoms with van der Waals surface area (Å²) in [6.45, 7) is 1.60. The van der Waals surface area contributed by atoms with E-state index >= 15 is 0 Å². The van der Waals surface area contributed by atoms with Gasteiger partial charge in [-0.2, -0.15) is 9.99 Å². The van der Waals surface area contributed by atoms with Crippen molar-refractivity contribution in [1.82, 2.24) is 0 Å². The van der Waals surface area contributed by atoms with Crippen molar-refractivity contribution in [3.63, 3.8) is 0 Å². The number of aromatic nitrogens is 2. The third-order valence-corrected chi connectivity index (χ3v) is 5.08. The Kier molecular flexibility index (Phi) is 5.54. The summed E-state index contributed by atoms with van der Waals surface area (Å²) in [7, 11) is 0. The summed E-state index contributed by atoms with van der Waals surface area (Å²) in [6, 6.07) is 16.0. The molecule has 1 fully saturated rings. The second kappa shape index (κ2) is 7.89. The van der Waals surface area contributed by atoms with Crippen molar-refractivity contribution >= 4 is 29.1 Å². The summed E-state index contributed by atoms with van der Waals surface area (Å²) in [5.74, 6) is 0. The smallest absolute Gasteiger partial charge is 0.369 e. The van der Waals surface area contributed by atoms with Gasteiger partial charge >= 0.3 is 11.4 Å². The van der Waals surface area contributed by atoms with Gasteiger partial charge in [0, 0.05) is 37.0 Å². The summed E-state index contributed by atoms with van der Waals surface area (Å²) >= 11 is 0. The number of rotatable bonds is 2. The molecule has 4 rings (SSSR count). The predicted octanol–water partition coefficient (Wildman–Crippen LogP) is 1.99. The molecule has 28 heavy (non-hydrogen) atoms. The van der Waals surface area contributed by atoms with Crippen LogP contribution in [0.3, 0.4) is 0 Å². The summed E-state index contributed by atoms with van der Waals surface area (Å²) in [4.78, 5) is 2.15. The van der Waals surface area contributed by atoms with Gasteiger partial charge in [0.2, 0.25) is 0 Å². The molecule has 0 spiro atoms. The molecule has 1 aromatic heterocycles. The molecule has 3 aromatic rings. The largest absolute Gasteiger partial charge is 0.617 e. The molecule has 8 heteroatoms. The van der Waals surface area contributed by atoms with Crippen molar-refractivity contribution in [3.8, 4) is 17.3 Å². The fraction of sp³-hybridized carbons (Fsp3) is 0.250. The molecule has 2 aromatic carbocycles. The molecule has 1 aliphatic rings. The highest BCUT2D eigenvalue weighted by atomic mass is 35.5.